The molecule has 0 bridgehead atoms. The summed E-state index contributed by atoms with van der Waals surface area (Å²) >= 11 is 0. The molecule has 0 saturated carbocycles. The lowest BCUT2D eigenvalue weighted by Crippen LogP contribution is -2.32. The van der Waals surface area contributed by atoms with Crippen LogP contribution in [0.25, 0.3) is 0 Å². The van der Waals surface area contributed by atoms with Crippen LogP contribution >= 0.6 is 0 Å². The predicted octanol–water partition coefficient (Wildman–Crippen LogP) is 4.50. The molecule has 4 rings (SSSR count). The predicted molar refractivity (Wildman–Crippen MR) is 130 cm³/mol. The molecule has 0 aliphatic carbocycles. The molecule has 33 heavy (non-hydrogen) atoms. The van der Waals surface area contributed by atoms with E-state index < -0.39 is 0 Å². The van der Waals surface area contributed by atoms with Crippen molar-refractivity contribution in [3.8, 4) is 0 Å². The Balaban J connectivity index is 1.36. The first-order chi connectivity index (χ1) is 16.1. The molecule has 0 spiro atoms. The number of hydrogen-bond acceptors (Lipinski definition) is 4. The van der Waals surface area contributed by atoms with E-state index in [2.05, 4.69) is 27.4 Å². The first-order valence-corrected chi connectivity index (χ1v) is 11.5. The fourth-order valence-electron chi connectivity index (χ4n) is 4.00. The fraction of sp³-hybridized carbons (Fsp3) is 0.296. The van der Waals surface area contributed by atoms with Gasteiger partial charge in [-0.25, -0.2) is 0 Å². The van der Waals surface area contributed by atoms with Crippen LogP contribution in [0.5, 0.6) is 0 Å². The van der Waals surface area contributed by atoms with Gasteiger partial charge in [0.15, 0.2) is 0 Å². The van der Waals surface area contributed by atoms with Gasteiger partial charge in [0.05, 0.1) is 11.3 Å². The molecule has 0 unspecified atom stereocenters. The van der Waals surface area contributed by atoms with E-state index in [4.69, 9.17) is 0 Å². The SMILES string of the molecule is CC1CCN(Cc2ccc(C(=O)Nc3ccccc3C(=O)NCc3cccnc3)cc2)CC1. The zero-order chi connectivity index (χ0) is 23.0. The second kappa shape index (κ2) is 10.9. The van der Waals surface area contributed by atoms with Crippen molar-refractivity contribution in [3.05, 3.63) is 95.3 Å². The molecule has 2 aromatic carbocycles. The highest BCUT2D eigenvalue weighted by Crippen LogP contribution is 2.19. The van der Waals surface area contributed by atoms with Gasteiger partial charge in [0.1, 0.15) is 0 Å². The van der Waals surface area contributed by atoms with Gasteiger partial charge in [-0.1, -0.05) is 37.3 Å². The standard InChI is InChI=1S/C27H30N4O2/c1-20-12-15-31(16-13-20)19-21-8-10-23(11-9-21)26(32)30-25-7-3-2-6-24(25)27(33)29-18-22-5-4-14-28-17-22/h2-11,14,17,20H,12-13,15-16,18-19H2,1H3,(H,29,33)(H,30,32). The Morgan fingerprint density at radius 3 is 2.42 bits per heavy atom. The van der Waals surface area contributed by atoms with E-state index >= 15 is 0 Å². The number of anilines is 1. The van der Waals surface area contributed by atoms with Crippen LogP contribution in [0.1, 0.15) is 51.6 Å². The maximum absolute atomic E-state index is 12.8. The minimum Gasteiger partial charge on any atom is -0.348 e. The van der Waals surface area contributed by atoms with E-state index in [-0.39, 0.29) is 11.8 Å². The zero-order valence-electron chi connectivity index (χ0n) is 19.0. The molecule has 6 nitrogen and oxygen atoms in total. The first-order valence-electron chi connectivity index (χ1n) is 11.5. The molecule has 1 aliphatic rings. The van der Waals surface area contributed by atoms with E-state index in [1.165, 1.54) is 18.4 Å². The summed E-state index contributed by atoms with van der Waals surface area (Å²) in [4.78, 5) is 32.1. The van der Waals surface area contributed by atoms with Crippen LogP contribution in [0.2, 0.25) is 0 Å². The molecule has 2 amide bonds. The van der Waals surface area contributed by atoms with Gasteiger partial charge in [0.25, 0.3) is 11.8 Å². The molecule has 1 aliphatic heterocycles. The van der Waals surface area contributed by atoms with Crippen molar-refractivity contribution >= 4 is 17.5 Å². The van der Waals surface area contributed by atoms with Crippen LogP contribution in [0.3, 0.4) is 0 Å². The van der Waals surface area contributed by atoms with E-state index in [1.54, 1.807) is 36.7 Å². The molecule has 0 atom stereocenters. The quantitative estimate of drug-likeness (QED) is 0.565. The second-order valence-corrected chi connectivity index (χ2v) is 8.70. The molecule has 1 aromatic heterocycles. The third-order valence-electron chi connectivity index (χ3n) is 6.09. The van der Waals surface area contributed by atoms with E-state index in [9.17, 15) is 9.59 Å². The van der Waals surface area contributed by atoms with Gasteiger partial charge in [-0.2, -0.15) is 0 Å². The maximum atomic E-state index is 12.8. The van der Waals surface area contributed by atoms with Crippen LogP contribution in [-0.2, 0) is 13.1 Å². The summed E-state index contributed by atoms with van der Waals surface area (Å²) < 4.78 is 0. The molecule has 6 heteroatoms. The number of carbonyl (C=O) groups excluding carboxylic acids is 2. The number of rotatable bonds is 7. The zero-order valence-corrected chi connectivity index (χ0v) is 19.0. The highest BCUT2D eigenvalue weighted by molar-refractivity contribution is 6.09. The largest absolute Gasteiger partial charge is 0.348 e. The van der Waals surface area contributed by atoms with Gasteiger partial charge in [-0.3, -0.25) is 19.5 Å². The summed E-state index contributed by atoms with van der Waals surface area (Å²) in [6.45, 7) is 5.85. The molecule has 2 heterocycles. The monoisotopic (exact) mass is 442 g/mol. The van der Waals surface area contributed by atoms with Crippen molar-refractivity contribution in [1.82, 2.24) is 15.2 Å². The minimum atomic E-state index is -0.249. The number of hydrogen-bond donors (Lipinski definition) is 2. The number of aromatic nitrogens is 1. The lowest BCUT2D eigenvalue weighted by Gasteiger charge is -2.30. The van der Waals surface area contributed by atoms with E-state index in [1.807, 2.05) is 36.4 Å². The molecular formula is C27H30N4O2. The van der Waals surface area contributed by atoms with Crippen molar-refractivity contribution in [2.24, 2.45) is 5.92 Å². The summed E-state index contributed by atoms with van der Waals surface area (Å²) in [7, 11) is 0. The second-order valence-electron chi connectivity index (χ2n) is 8.70. The fourth-order valence-corrected chi connectivity index (χ4v) is 4.00. The van der Waals surface area contributed by atoms with Gasteiger partial charge in [-0.15, -0.1) is 0 Å². The Kier molecular flexibility index (Phi) is 7.47. The number of amides is 2. The highest BCUT2D eigenvalue weighted by Gasteiger charge is 2.17. The summed E-state index contributed by atoms with van der Waals surface area (Å²) in [6.07, 6.45) is 5.89. The van der Waals surface area contributed by atoms with E-state index in [0.717, 1.165) is 31.1 Å². The van der Waals surface area contributed by atoms with Crippen LogP contribution < -0.4 is 10.6 Å². The van der Waals surface area contributed by atoms with Gasteiger partial charge in [0.2, 0.25) is 0 Å². The smallest absolute Gasteiger partial charge is 0.255 e. The normalized spacial score (nSPS) is 14.6. The summed E-state index contributed by atoms with van der Waals surface area (Å²) in [5.41, 5.74) is 3.59. The van der Waals surface area contributed by atoms with Crippen LogP contribution in [0.15, 0.2) is 73.1 Å². The number of pyridine rings is 1. The number of para-hydroxylation sites is 1. The number of nitrogens with zero attached hydrogens (tertiary/aromatic N) is 2. The Labute approximate surface area is 195 Å². The maximum Gasteiger partial charge on any atom is 0.255 e. The van der Waals surface area contributed by atoms with Crippen molar-refractivity contribution in [2.75, 3.05) is 18.4 Å². The van der Waals surface area contributed by atoms with Crippen molar-refractivity contribution in [3.63, 3.8) is 0 Å². The minimum absolute atomic E-state index is 0.235. The summed E-state index contributed by atoms with van der Waals surface area (Å²) in [6, 6.07) is 18.5. The number of nitrogens with one attached hydrogen (secondary N) is 2. The highest BCUT2D eigenvalue weighted by atomic mass is 16.2. The molecule has 2 N–H and O–H groups in total. The van der Waals surface area contributed by atoms with Gasteiger partial charge in [0, 0.05) is 31.0 Å². The van der Waals surface area contributed by atoms with Gasteiger partial charge in [-0.05, 0) is 73.3 Å². The number of likely N-dealkylation sites (tertiary alicyclic amines) is 1. The summed E-state index contributed by atoms with van der Waals surface area (Å²) in [5.74, 6) is 0.328. The van der Waals surface area contributed by atoms with Crippen LogP contribution in [0, 0.1) is 5.92 Å². The average molecular weight is 443 g/mol. The first kappa shape index (κ1) is 22.7. The third kappa shape index (κ3) is 6.26. The number of carbonyl (C=O) groups is 2. The number of piperidine rings is 1. The topological polar surface area (TPSA) is 74.3 Å². The van der Waals surface area contributed by atoms with Crippen molar-refractivity contribution in [2.45, 2.75) is 32.9 Å². The lowest BCUT2D eigenvalue weighted by molar-refractivity contribution is 0.0951. The molecule has 1 fully saturated rings. The van der Waals surface area contributed by atoms with Crippen LogP contribution in [0.4, 0.5) is 5.69 Å². The van der Waals surface area contributed by atoms with E-state index in [0.29, 0.717) is 23.4 Å². The average Bonchev–Trinajstić information content (AvgIpc) is 2.85. The molecule has 170 valence electrons. The molecule has 0 radical (unpaired) electrons. The Morgan fingerprint density at radius 1 is 0.939 bits per heavy atom. The van der Waals surface area contributed by atoms with Crippen LogP contribution in [-0.4, -0.2) is 34.8 Å². The Morgan fingerprint density at radius 2 is 1.70 bits per heavy atom. The van der Waals surface area contributed by atoms with Crippen molar-refractivity contribution < 1.29 is 9.59 Å². The molecule has 1 saturated heterocycles. The van der Waals surface area contributed by atoms with Crippen molar-refractivity contribution in [1.29, 1.82) is 0 Å². The lowest BCUT2D eigenvalue weighted by atomic mass is 9.99. The molecular weight excluding hydrogens is 412 g/mol. The number of benzene rings is 2. The Bertz CT molecular complexity index is 1070. The summed E-state index contributed by atoms with van der Waals surface area (Å²) in [5, 5.41) is 5.77. The molecule has 3 aromatic rings. The van der Waals surface area contributed by atoms with Gasteiger partial charge >= 0.3 is 0 Å². The van der Waals surface area contributed by atoms with Gasteiger partial charge < -0.3 is 10.6 Å². The third-order valence-corrected chi connectivity index (χ3v) is 6.09. The Hall–Kier alpha value is -3.51.